The van der Waals surface area contributed by atoms with E-state index in [1.165, 1.54) is 0 Å². The molecule has 1 aliphatic rings. The summed E-state index contributed by atoms with van der Waals surface area (Å²) in [6, 6.07) is 0. The quantitative estimate of drug-likeness (QED) is 0.638. The Hall–Kier alpha value is -0.250. The van der Waals surface area contributed by atoms with E-state index in [4.69, 9.17) is 4.74 Å². The molecule has 0 aromatic rings. The summed E-state index contributed by atoms with van der Waals surface area (Å²) in [5, 5.41) is 0. The Balaban J connectivity index is 2.13. The van der Waals surface area contributed by atoms with Gasteiger partial charge in [0, 0.05) is 13.0 Å². The molecular formula is C8H13F3O. The van der Waals surface area contributed by atoms with Gasteiger partial charge in [0.05, 0.1) is 6.10 Å². The van der Waals surface area contributed by atoms with Crippen molar-refractivity contribution in [1.29, 1.82) is 0 Å². The van der Waals surface area contributed by atoms with Crippen LogP contribution in [0.4, 0.5) is 13.2 Å². The van der Waals surface area contributed by atoms with Crippen LogP contribution in [0.2, 0.25) is 0 Å². The Labute approximate surface area is 69.9 Å². The van der Waals surface area contributed by atoms with Gasteiger partial charge in [0.1, 0.15) is 0 Å². The van der Waals surface area contributed by atoms with E-state index in [9.17, 15) is 13.2 Å². The number of alkyl halides is 3. The fourth-order valence-corrected chi connectivity index (χ4v) is 1.36. The fraction of sp³-hybridized carbons (Fsp3) is 1.00. The molecule has 0 saturated carbocycles. The molecule has 1 saturated heterocycles. The molecule has 12 heavy (non-hydrogen) atoms. The van der Waals surface area contributed by atoms with Gasteiger partial charge in [-0.05, 0) is 25.7 Å². The van der Waals surface area contributed by atoms with E-state index < -0.39 is 12.6 Å². The van der Waals surface area contributed by atoms with Crippen molar-refractivity contribution in [3.05, 3.63) is 0 Å². The van der Waals surface area contributed by atoms with Crippen molar-refractivity contribution >= 4 is 0 Å². The first-order valence-electron chi connectivity index (χ1n) is 4.26. The minimum absolute atomic E-state index is 0.128. The molecule has 1 aliphatic heterocycles. The van der Waals surface area contributed by atoms with Gasteiger partial charge < -0.3 is 4.74 Å². The average Bonchev–Trinajstić information content (AvgIpc) is 2.02. The van der Waals surface area contributed by atoms with Crippen LogP contribution in [0.3, 0.4) is 0 Å². The lowest BCUT2D eigenvalue weighted by Gasteiger charge is -2.22. The largest absolute Gasteiger partial charge is 0.389 e. The van der Waals surface area contributed by atoms with Gasteiger partial charge in [0.15, 0.2) is 0 Å². The highest BCUT2D eigenvalue weighted by atomic mass is 19.4. The van der Waals surface area contributed by atoms with Crippen molar-refractivity contribution in [1.82, 2.24) is 0 Å². The number of ether oxygens (including phenoxy) is 1. The van der Waals surface area contributed by atoms with Gasteiger partial charge in [-0.3, -0.25) is 0 Å². The molecule has 1 atom stereocenters. The molecular weight excluding hydrogens is 169 g/mol. The topological polar surface area (TPSA) is 9.23 Å². The third kappa shape index (κ3) is 3.95. The van der Waals surface area contributed by atoms with Crippen molar-refractivity contribution in [3.63, 3.8) is 0 Å². The average molecular weight is 182 g/mol. The standard InChI is InChI=1S/C8H13F3O/c9-8(10,11)5-4-7-3-1-2-6-12-7/h7H,1-6H2. The zero-order valence-electron chi connectivity index (χ0n) is 6.86. The van der Waals surface area contributed by atoms with Crippen LogP contribution in [-0.2, 0) is 4.74 Å². The van der Waals surface area contributed by atoms with Crippen molar-refractivity contribution in [3.8, 4) is 0 Å². The Morgan fingerprint density at radius 1 is 1.25 bits per heavy atom. The summed E-state index contributed by atoms with van der Waals surface area (Å²) >= 11 is 0. The summed E-state index contributed by atoms with van der Waals surface area (Å²) in [6.07, 6.45) is -1.98. The maximum Gasteiger partial charge on any atom is 0.389 e. The molecule has 72 valence electrons. The highest BCUT2D eigenvalue weighted by molar-refractivity contribution is 4.65. The van der Waals surface area contributed by atoms with Crippen LogP contribution in [0.25, 0.3) is 0 Å². The van der Waals surface area contributed by atoms with Gasteiger partial charge >= 0.3 is 6.18 Å². The van der Waals surface area contributed by atoms with Gasteiger partial charge in [-0.25, -0.2) is 0 Å². The van der Waals surface area contributed by atoms with Crippen molar-refractivity contribution in [2.75, 3.05) is 6.61 Å². The summed E-state index contributed by atoms with van der Waals surface area (Å²) < 4.78 is 40.4. The molecule has 1 heterocycles. The molecule has 1 nitrogen and oxygen atoms in total. The van der Waals surface area contributed by atoms with Crippen LogP contribution in [0, 0.1) is 0 Å². The molecule has 0 aromatic heterocycles. The normalized spacial score (nSPS) is 25.8. The van der Waals surface area contributed by atoms with Gasteiger partial charge in [-0.2, -0.15) is 13.2 Å². The van der Waals surface area contributed by atoms with Crippen molar-refractivity contribution < 1.29 is 17.9 Å². The lowest BCUT2D eigenvalue weighted by Crippen LogP contribution is -2.21. The van der Waals surface area contributed by atoms with Crippen LogP contribution in [0.5, 0.6) is 0 Å². The summed E-state index contributed by atoms with van der Waals surface area (Å²) in [5.41, 5.74) is 0. The van der Waals surface area contributed by atoms with Gasteiger partial charge in [0.25, 0.3) is 0 Å². The predicted octanol–water partition coefficient (Wildman–Crippen LogP) is 2.90. The maximum atomic E-state index is 11.8. The highest BCUT2D eigenvalue weighted by Gasteiger charge is 2.28. The van der Waals surface area contributed by atoms with Crippen LogP contribution in [0.1, 0.15) is 32.1 Å². The summed E-state index contributed by atoms with van der Waals surface area (Å²) in [6.45, 7) is 0.628. The van der Waals surface area contributed by atoms with E-state index in [0.29, 0.717) is 6.61 Å². The number of hydrogen-bond donors (Lipinski definition) is 0. The molecule has 0 aromatic carbocycles. The Morgan fingerprint density at radius 2 is 2.00 bits per heavy atom. The molecule has 0 aliphatic carbocycles. The Bertz CT molecular complexity index is 127. The van der Waals surface area contributed by atoms with E-state index in [1.807, 2.05) is 0 Å². The molecule has 0 N–H and O–H groups in total. The second kappa shape index (κ2) is 4.12. The van der Waals surface area contributed by atoms with Crippen molar-refractivity contribution in [2.24, 2.45) is 0 Å². The number of rotatable bonds is 2. The highest BCUT2D eigenvalue weighted by Crippen LogP contribution is 2.25. The minimum Gasteiger partial charge on any atom is -0.378 e. The number of hydrogen-bond acceptors (Lipinski definition) is 1. The molecule has 1 unspecified atom stereocenters. The zero-order chi connectivity index (χ0) is 9.03. The van der Waals surface area contributed by atoms with Gasteiger partial charge in [0.2, 0.25) is 0 Å². The summed E-state index contributed by atoms with van der Waals surface area (Å²) in [7, 11) is 0. The van der Waals surface area contributed by atoms with Gasteiger partial charge in [-0.1, -0.05) is 0 Å². The molecule has 4 heteroatoms. The van der Waals surface area contributed by atoms with E-state index in [2.05, 4.69) is 0 Å². The Morgan fingerprint density at radius 3 is 2.50 bits per heavy atom. The second-order valence-corrected chi connectivity index (χ2v) is 3.14. The molecule has 1 rings (SSSR count). The van der Waals surface area contributed by atoms with Crippen molar-refractivity contribution in [2.45, 2.75) is 44.4 Å². The van der Waals surface area contributed by atoms with Gasteiger partial charge in [-0.15, -0.1) is 0 Å². The smallest absolute Gasteiger partial charge is 0.378 e. The lowest BCUT2D eigenvalue weighted by atomic mass is 10.0. The lowest BCUT2D eigenvalue weighted by molar-refractivity contribution is -0.143. The second-order valence-electron chi connectivity index (χ2n) is 3.14. The molecule has 1 fully saturated rings. The first-order chi connectivity index (χ1) is 5.58. The van der Waals surface area contributed by atoms with Crippen LogP contribution < -0.4 is 0 Å². The molecule has 0 spiro atoms. The zero-order valence-corrected chi connectivity index (χ0v) is 6.86. The first kappa shape index (κ1) is 9.84. The van der Waals surface area contributed by atoms with E-state index in [0.717, 1.165) is 19.3 Å². The monoisotopic (exact) mass is 182 g/mol. The first-order valence-corrected chi connectivity index (χ1v) is 4.26. The minimum atomic E-state index is -4.03. The molecule has 0 bridgehead atoms. The SMILES string of the molecule is FC(F)(F)CCC1CCCCO1. The fourth-order valence-electron chi connectivity index (χ4n) is 1.36. The summed E-state index contributed by atoms with van der Waals surface area (Å²) in [5.74, 6) is 0. The van der Waals surface area contributed by atoms with E-state index in [-0.39, 0.29) is 12.5 Å². The van der Waals surface area contributed by atoms with E-state index >= 15 is 0 Å². The van der Waals surface area contributed by atoms with Crippen LogP contribution >= 0.6 is 0 Å². The third-order valence-corrected chi connectivity index (χ3v) is 2.02. The van der Waals surface area contributed by atoms with E-state index in [1.54, 1.807) is 0 Å². The molecule has 0 amide bonds. The van der Waals surface area contributed by atoms with Crippen LogP contribution in [-0.4, -0.2) is 18.9 Å². The van der Waals surface area contributed by atoms with Crippen LogP contribution in [0.15, 0.2) is 0 Å². The summed E-state index contributed by atoms with van der Waals surface area (Å²) in [4.78, 5) is 0. The third-order valence-electron chi connectivity index (χ3n) is 2.02. The number of halogens is 3. The Kier molecular flexibility index (Phi) is 3.38. The molecule has 0 radical (unpaired) electrons. The predicted molar refractivity (Wildman–Crippen MR) is 38.9 cm³/mol. The maximum absolute atomic E-state index is 11.8.